The number of ether oxygens (including phenoxy) is 1. The van der Waals surface area contributed by atoms with Gasteiger partial charge in [-0.2, -0.15) is 0 Å². The van der Waals surface area contributed by atoms with Gasteiger partial charge in [0.15, 0.2) is 9.84 Å². The van der Waals surface area contributed by atoms with Crippen LogP contribution in [0.15, 0.2) is 35.4 Å². The second-order valence-corrected chi connectivity index (χ2v) is 6.52. The zero-order chi connectivity index (χ0) is 12.6. The molecule has 2 aliphatic rings. The maximum absolute atomic E-state index is 12.0. The highest BCUT2D eigenvalue weighted by molar-refractivity contribution is 7.92. The minimum atomic E-state index is -3.13. The van der Waals surface area contributed by atoms with Crippen LogP contribution in [0, 0.1) is 0 Å². The maximum Gasteiger partial charge on any atom is 0.183 e. The average Bonchev–Trinajstić information content (AvgIpc) is 2.63. The van der Waals surface area contributed by atoms with Gasteiger partial charge in [0.25, 0.3) is 0 Å². The van der Waals surface area contributed by atoms with Crippen LogP contribution in [0.5, 0.6) is 0 Å². The summed E-state index contributed by atoms with van der Waals surface area (Å²) in [4.78, 5) is 2.60. The van der Waals surface area contributed by atoms with E-state index in [1.165, 1.54) is 0 Å². The Hall–Kier alpha value is -1.33. The summed E-state index contributed by atoms with van der Waals surface area (Å²) >= 11 is 0. The summed E-state index contributed by atoms with van der Waals surface area (Å²) in [5.74, 6) is 0.115. The maximum atomic E-state index is 12.0. The topological polar surface area (TPSA) is 46.6 Å². The van der Waals surface area contributed by atoms with Crippen LogP contribution in [0.25, 0.3) is 5.57 Å². The summed E-state index contributed by atoms with van der Waals surface area (Å²) in [7, 11) is -3.13. The van der Waals surface area contributed by atoms with Crippen molar-refractivity contribution in [2.45, 2.75) is 4.90 Å². The number of benzene rings is 1. The Labute approximate surface area is 107 Å². The largest absolute Gasteiger partial charge is 0.378 e. The molecule has 0 aromatic heterocycles. The molecule has 0 saturated carbocycles. The highest BCUT2D eigenvalue weighted by atomic mass is 32.2. The normalized spacial score (nSPS) is 24.2. The molecule has 0 aliphatic carbocycles. The quantitative estimate of drug-likeness (QED) is 0.764. The number of morpholine rings is 1. The van der Waals surface area contributed by atoms with E-state index >= 15 is 0 Å². The van der Waals surface area contributed by atoms with Crippen LogP contribution in [-0.4, -0.2) is 45.4 Å². The zero-order valence-corrected chi connectivity index (χ0v) is 10.8. The summed E-state index contributed by atoms with van der Waals surface area (Å²) in [5.41, 5.74) is 1.75. The SMILES string of the molecule is O=S1(=O)C/C(=C\N2CCOCC2)c2ccccc21. The van der Waals surface area contributed by atoms with E-state index < -0.39 is 9.84 Å². The molecule has 0 radical (unpaired) electrons. The van der Waals surface area contributed by atoms with E-state index in [9.17, 15) is 8.42 Å². The lowest BCUT2D eigenvalue weighted by atomic mass is 10.1. The summed E-state index contributed by atoms with van der Waals surface area (Å²) < 4.78 is 29.3. The molecule has 5 heteroatoms. The number of rotatable bonds is 1. The molecule has 1 aromatic rings. The Morgan fingerprint density at radius 3 is 2.67 bits per heavy atom. The second kappa shape index (κ2) is 4.40. The van der Waals surface area contributed by atoms with E-state index in [0.29, 0.717) is 18.1 Å². The Morgan fingerprint density at radius 1 is 1.17 bits per heavy atom. The van der Waals surface area contributed by atoms with Crippen molar-refractivity contribution < 1.29 is 13.2 Å². The molecule has 3 rings (SSSR count). The van der Waals surface area contributed by atoms with Gasteiger partial charge in [-0.15, -0.1) is 0 Å². The highest BCUT2D eigenvalue weighted by Crippen LogP contribution is 2.34. The fraction of sp³-hybridized carbons (Fsp3) is 0.385. The standard InChI is InChI=1S/C13H15NO3S/c15-18(16)10-11(9-14-5-7-17-8-6-14)12-3-1-2-4-13(12)18/h1-4,9H,5-8,10H2/b11-9+. The van der Waals surface area contributed by atoms with E-state index in [0.717, 1.165) is 24.2 Å². The molecule has 2 aliphatic heterocycles. The molecule has 0 spiro atoms. The molecule has 96 valence electrons. The molecule has 0 atom stereocenters. The Bertz CT molecular complexity index is 586. The van der Waals surface area contributed by atoms with Gasteiger partial charge in [-0.1, -0.05) is 18.2 Å². The molecule has 0 bridgehead atoms. The lowest BCUT2D eigenvalue weighted by molar-refractivity contribution is 0.0596. The molecule has 1 fully saturated rings. The lowest BCUT2D eigenvalue weighted by Crippen LogP contribution is -2.32. The number of hydrogen-bond acceptors (Lipinski definition) is 4. The van der Waals surface area contributed by atoms with Crippen LogP contribution in [-0.2, 0) is 14.6 Å². The van der Waals surface area contributed by atoms with E-state index in [-0.39, 0.29) is 5.75 Å². The van der Waals surface area contributed by atoms with Crippen molar-refractivity contribution >= 4 is 15.4 Å². The number of sulfone groups is 1. The number of hydrogen-bond donors (Lipinski definition) is 0. The van der Waals surface area contributed by atoms with Crippen molar-refractivity contribution in [3.63, 3.8) is 0 Å². The molecule has 0 N–H and O–H groups in total. The fourth-order valence-corrected chi connectivity index (χ4v) is 4.01. The van der Waals surface area contributed by atoms with Crippen LogP contribution >= 0.6 is 0 Å². The van der Waals surface area contributed by atoms with Gasteiger partial charge in [-0.25, -0.2) is 8.42 Å². The predicted octanol–water partition coefficient (Wildman–Crippen LogP) is 1.15. The molecule has 1 aromatic carbocycles. The van der Waals surface area contributed by atoms with Crippen molar-refractivity contribution in [3.05, 3.63) is 36.0 Å². The smallest absolute Gasteiger partial charge is 0.183 e. The monoisotopic (exact) mass is 265 g/mol. The Morgan fingerprint density at radius 2 is 1.89 bits per heavy atom. The third-order valence-corrected chi connectivity index (χ3v) is 5.01. The van der Waals surface area contributed by atoms with Crippen LogP contribution in [0.4, 0.5) is 0 Å². The third-order valence-electron chi connectivity index (χ3n) is 3.30. The molecule has 2 heterocycles. The molecule has 1 saturated heterocycles. The first-order valence-electron chi connectivity index (χ1n) is 6.01. The Kier molecular flexibility index (Phi) is 2.87. The zero-order valence-electron chi connectivity index (χ0n) is 10.0. The first kappa shape index (κ1) is 11.7. The summed E-state index contributed by atoms with van der Waals surface area (Å²) in [5, 5.41) is 0. The van der Waals surface area contributed by atoms with Gasteiger partial charge >= 0.3 is 0 Å². The van der Waals surface area contributed by atoms with E-state index in [2.05, 4.69) is 4.90 Å². The van der Waals surface area contributed by atoms with Gasteiger partial charge < -0.3 is 9.64 Å². The van der Waals surface area contributed by atoms with Crippen molar-refractivity contribution in [1.82, 2.24) is 4.90 Å². The molecule has 4 nitrogen and oxygen atoms in total. The van der Waals surface area contributed by atoms with Crippen LogP contribution in [0.1, 0.15) is 5.56 Å². The van der Waals surface area contributed by atoms with Crippen LogP contribution in [0.2, 0.25) is 0 Å². The Balaban J connectivity index is 1.98. The lowest BCUT2D eigenvalue weighted by Gasteiger charge is -2.25. The molecule has 0 unspecified atom stereocenters. The van der Waals surface area contributed by atoms with Crippen LogP contribution < -0.4 is 0 Å². The fourth-order valence-electron chi connectivity index (χ4n) is 2.40. The molecular formula is C13H15NO3S. The van der Waals surface area contributed by atoms with E-state index in [1.54, 1.807) is 12.1 Å². The minimum absolute atomic E-state index is 0.115. The van der Waals surface area contributed by atoms with Gasteiger partial charge in [0.05, 0.1) is 23.9 Å². The number of fused-ring (bicyclic) bond motifs is 1. The summed E-state index contributed by atoms with van der Waals surface area (Å²) in [6, 6.07) is 7.22. The minimum Gasteiger partial charge on any atom is -0.378 e. The third kappa shape index (κ3) is 2.04. The van der Waals surface area contributed by atoms with Gasteiger partial charge in [0, 0.05) is 19.3 Å². The van der Waals surface area contributed by atoms with E-state index in [4.69, 9.17) is 4.74 Å². The predicted molar refractivity (Wildman–Crippen MR) is 68.9 cm³/mol. The van der Waals surface area contributed by atoms with Gasteiger partial charge in [-0.3, -0.25) is 0 Å². The highest BCUT2D eigenvalue weighted by Gasteiger charge is 2.30. The molecule has 18 heavy (non-hydrogen) atoms. The van der Waals surface area contributed by atoms with Gasteiger partial charge in [0.2, 0.25) is 0 Å². The van der Waals surface area contributed by atoms with Crippen molar-refractivity contribution in [2.75, 3.05) is 32.1 Å². The van der Waals surface area contributed by atoms with Crippen molar-refractivity contribution in [2.24, 2.45) is 0 Å². The van der Waals surface area contributed by atoms with Crippen molar-refractivity contribution in [3.8, 4) is 0 Å². The van der Waals surface area contributed by atoms with Gasteiger partial charge in [0.1, 0.15) is 0 Å². The number of nitrogens with zero attached hydrogens (tertiary/aromatic N) is 1. The van der Waals surface area contributed by atoms with Crippen molar-refractivity contribution in [1.29, 1.82) is 0 Å². The van der Waals surface area contributed by atoms with Crippen LogP contribution in [0.3, 0.4) is 0 Å². The first-order valence-corrected chi connectivity index (χ1v) is 7.67. The molecule has 0 amide bonds. The first-order chi connectivity index (χ1) is 8.67. The second-order valence-electron chi connectivity index (χ2n) is 4.56. The molecular weight excluding hydrogens is 250 g/mol. The summed E-state index contributed by atoms with van der Waals surface area (Å²) in [6.07, 6.45) is 1.98. The van der Waals surface area contributed by atoms with E-state index in [1.807, 2.05) is 18.3 Å². The average molecular weight is 265 g/mol. The summed E-state index contributed by atoms with van der Waals surface area (Å²) in [6.45, 7) is 3.06. The van der Waals surface area contributed by atoms with Gasteiger partial charge in [-0.05, 0) is 17.2 Å².